The lowest BCUT2D eigenvalue weighted by Gasteiger charge is -2.16. The second kappa shape index (κ2) is 9.14. The Bertz CT molecular complexity index is 843. The zero-order valence-corrected chi connectivity index (χ0v) is 14.8. The number of hydrogen-bond donors (Lipinski definition) is 3. The van der Waals surface area contributed by atoms with Crippen LogP contribution in [0.2, 0.25) is 0 Å². The lowest BCUT2D eigenvalue weighted by molar-refractivity contribution is 0.239. The van der Waals surface area contributed by atoms with Crippen LogP contribution in [0.15, 0.2) is 67.3 Å². The molecule has 1 unspecified atom stereocenters. The summed E-state index contributed by atoms with van der Waals surface area (Å²) in [5.74, 6) is 1.07. The van der Waals surface area contributed by atoms with E-state index in [4.69, 9.17) is 4.74 Å². The predicted octanol–water partition coefficient (Wildman–Crippen LogP) is 2.84. The summed E-state index contributed by atoms with van der Waals surface area (Å²) >= 11 is 0. The third kappa shape index (κ3) is 5.67. The van der Waals surface area contributed by atoms with E-state index in [-0.39, 0.29) is 12.1 Å². The van der Waals surface area contributed by atoms with Gasteiger partial charge < -0.3 is 10.1 Å². The lowest BCUT2D eigenvalue weighted by Crippen LogP contribution is -2.40. The molecule has 1 aromatic carbocycles. The van der Waals surface area contributed by atoms with E-state index in [1.54, 1.807) is 30.9 Å². The smallest absolute Gasteiger partial charge is 0.333 e. The van der Waals surface area contributed by atoms with Crippen molar-refractivity contribution in [1.29, 1.82) is 0 Å². The maximum Gasteiger partial charge on any atom is 0.333 e. The van der Waals surface area contributed by atoms with Gasteiger partial charge in [0.1, 0.15) is 12.4 Å². The van der Waals surface area contributed by atoms with E-state index in [0.29, 0.717) is 12.6 Å². The van der Waals surface area contributed by atoms with Crippen LogP contribution in [-0.2, 0) is 6.61 Å². The van der Waals surface area contributed by atoms with Crippen LogP contribution in [0.4, 0.5) is 10.7 Å². The average molecular weight is 364 g/mol. The second-order valence-corrected chi connectivity index (χ2v) is 5.74. The fraction of sp³-hybridized carbons (Fsp3) is 0.158. The summed E-state index contributed by atoms with van der Waals surface area (Å²) in [5.41, 5.74) is 7.08. The van der Waals surface area contributed by atoms with Crippen molar-refractivity contribution in [2.75, 3.05) is 5.43 Å². The molecule has 0 bridgehead atoms. The van der Waals surface area contributed by atoms with Gasteiger partial charge in [-0.05, 0) is 36.8 Å². The Morgan fingerprint density at radius 3 is 2.56 bits per heavy atom. The van der Waals surface area contributed by atoms with Gasteiger partial charge in [0.05, 0.1) is 6.04 Å². The third-order valence-corrected chi connectivity index (χ3v) is 3.71. The second-order valence-electron chi connectivity index (χ2n) is 5.74. The van der Waals surface area contributed by atoms with Crippen LogP contribution in [0.25, 0.3) is 0 Å². The fourth-order valence-electron chi connectivity index (χ4n) is 2.30. The van der Waals surface area contributed by atoms with Crippen molar-refractivity contribution in [3.8, 4) is 5.75 Å². The summed E-state index contributed by atoms with van der Waals surface area (Å²) in [6.45, 7) is 2.35. The molecule has 3 rings (SSSR count). The molecule has 27 heavy (non-hydrogen) atoms. The van der Waals surface area contributed by atoms with E-state index >= 15 is 0 Å². The van der Waals surface area contributed by atoms with Gasteiger partial charge in [-0.1, -0.05) is 18.2 Å². The highest BCUT2D eigenvalue weighted by atomic mass is 16.5. The molecule has 1 atom stereocenters. The van der Waals surface area contributed by atoms with Crippen LogP contribution in [0.3, 0.4) is 0 Å². The molecule has 138 valence electrons. The van der Waals surface area contributed by atoms with E-state index in [1.807, 2.05) is 43.3 Å². The minimum atomic E-state index is -0.383. The number of aromatic nitrogens is 3. The first kappa shape index (κ1) is 18.1. The Hall–Kier alpha value is -3.68. The highest BCUT2D eigenvalue weighted by Gasteiger charge is 2.09. The highest BCUT2D eigenvalue weighted by Crippen LogP contribution is 2.18. The van der Waals surface area contributed by atoms with Gasteiger partial charge in [-0.15, -0.1) is 0 Å². The minimum Gasteiger partial charge on any atom is -0.489 e. The van der Waals surface area contributed by atoms with Gasteiger partial charge in [0.2, 0.25) is 5.95 Å². The molecule has 0 saturated carbocycles. The average Bonchev–Trinajstić information content (AvgIpc) is 2.72. The Balaban J connectivity index is 1.46. The number of anilines is 1. The van der Waals surface area contributed by atoms with Crippen LogP contribution in [0.5, 0.6) is 5.75 Å². The number of carbonyl (C=O) groups is 1. The molecule has 2 aromatic heterocycles. The largest absolute Gasteiger partial charge is 0.489 e. The first-order valence-corrected chi connectivity index (χ1v) is 8.42. The van der Waals surface area contributed by atoms with E-state index in [2.05, 4.69) is 31.1 Å². The van der Waals surface area contributed by atoms with Crippen LogP contribution in [-0.4, -0.2) is 21.0 Å². The summed E-state index contributed by atoms with van der Waals surface area (Å²) in [4.78, 5) is 23.9. The van der Waals surface area contributed by atoms with Crippen LogP contribution in [0, 0.1) is 0 Å². The molecule has 0 aliphatic heterocycles. The van der Waals surface area contributed by atoms with Gasteiger partial charge in [-0.2, -0.15) is 0 Å². The number of ether oxygens (including phenoxy) is 1. The number of benzene rings is 1. The van der Waals surface area contributed by atoms with E-state index in [0.717, 1.165) is 16.9 Å². The van der Waals surface area contributed by atoms with Crippen molar-refractivity contribution in [3.05, 3.63) is 78.4 Å². The molecule has 2 heterocycles. The molecule has 2 amide bonds. The Morgan fingerprint density at radius 1 is 1.07 bits per heavy atom. The van der Waals surface area contributed by atoms with Crippen molar-refractivity contribution < 1.29 is 9.53 Å². The maximum atomic E-state index is 12.0. The summed E-state index contributed by atoms with van der Waals surface area (Å²) in [6, 6.07) is 12.5. The number of hydrogen-bond acceptors (Lipinski definition) is 6. The molecule has 8 heteroatoms. The quantitative estimate of drug-likeness (QED) is 0.557. The fourth-order valence-corrected chi connectivity index (χ4v) is 2.30. The van der Waals surface area contributed by atoms with Gasteiger partial charge in [0.15, 0.2) is 0 Å². The molecule has 0 radical (unpaired) electrons. The highest BCUT2D eigenvalue weighted by molar-refractivity contribution is 5.75. The topological polar surface area (TPSA) is 101 Å². The first-order chi connectivity index (χ1) is 13.2. The van der Waals surface area contributed by atoms with E-state index < -0.39 is 0 Å². The van der Waals surface area contributed by atoms with Gasteiger partial charge >= 0.3 is 6.03 Å². The lowest BCUT2D eigenvalue weighted by atomic mass is 10.1. The molecule has 8 nitrogen and oxygen atoms in total. The van der Waals surface area contributed by atoms with Gasteiger partial charge in [0.25, 0.3) is 0 Å². The minimum absolute atomic E-state index is 0.184. The van der Waals surface area contributed by atoms with E-state index in [9.17, 15) is 4.79 Å². The molecular weight excluding hydrogens is 344 g/mol. The SMILES string of the molecule is CC(NC(=O)NNc1ncccn1)c1ccc(OCc2cccnc2)cc1. The number of urea groups is 1. The molecule has 0 aliphatic carbocycles. The van der Waals surface area contributed by atoms with Crippen molar-refractivity contribution in [1.82, 2.24) is 25.7 Å². The van der Waals surface area contributed by atoms with Gasteiger partial charge in [-0.25, -0.2) is 20.2 Å². The monoisotopic (exact) mass is 364 g/mol. The predicted molar refractivity (Wildman–Crippen MR) is 101 cm³/mol. The molecular formula is C19H20N6O2. The molecule has 3 aromatic rings. The summed E-state index contributed by atoms with van der Waals surface area (Å²) in [5, 5.41) is 2.83. The summed E-state index contributed by atoms with van der Waals surface area (Å²) in [6.07, 6.45) is 6.66. The van der Waals surface area contributed by atoms with Crippen molar-refractivity contribution in [2.45, 2.75) is 19.6 Å². The van der Waals surface area contributed by atoms with Gasteiger partial charge in [0, 0.05) is 30.4 Å². The third-order valence-electron chi connectivity index (χ3n) is 3.71. The normalized spacial score (nSPS) is 11.3. The van der Waals surface area contributed by atoms with Crippen molar-refractivity contribution in [2.24, 2.45) is 0 Å². The number of nitrogens with zero attached hydrogens (tertiary/aromatic N) is 3. The molecule has 0 saturated heterocycles. The summed E-state index contributed by atoms with van der Waals surface area (Å²) in [7, 11) is 0. The zero-order valence-electron chi connectivity index (χ0n) is 14.8. The van der Waals surface area contributed by atoms with Crippen LogP contribution >= 0.6 is 0 Å². The molecule has 3 N–H and O–H groups in total. The Morgan fingerprint density at radius 2 is 1.85 bits per heavy atom. The van der Waals surface area contributed by atoms with Crippen LogP contribution in [0.1, 0.15) is 24.1 Å². The number of rotatable bonds is 7. The molecule has 0 aliphatic rings. The zero-order chi connectivity index (χ0) is 18.9. The summed E-state index contributed by atoms with van der Waals surface area (Å²) < 4.78 is 5.73. The number of pyridine rings is 1. The van der Waals surface area contributed by atoms with Crippen molar-refractivity contribution in [3.63, 3.8) is 0 Å². The Labute approximate surface area is 157 Å². The standard InChI is InChI=1S/C19H20N6O2/c1-14(23-19(26)25-24-18-21-10-3-11-22-18)16-5-7-17(8-6-16)27-13-15-4-2-9-20-12-15/h2-12,14H,13H2,1H3,(H,21,22,24)(H2,23,25,26). The maximum absolute atomic E-state index is 12.0. The molecule has 0 spiro atoms. The number of hydrazine groups is 1. The number of carbonyl (C=O) groups excluding carboxylic acids is 1. The molecule has 0 fully saturated rings. The van der Waals surface area contributed by atoms with Crippen LogP contribution < -0.4 is 20.9 Å². The van der Waals surface area contributed by atoms with Gasteiger partial charge in [-0.3, -0.25) is 10.4 Å². The first-order valence-electron chi connectivity index (χ1n) is 8.42. The van der Waals surface area contributed by atoms with Crippen molar-refractivity contribution >= 4 is 12.0 Å². The Kier molecular flexibility index (Phi) is 6.13. The number of nitrogens with one attached hydrogen (secondary N) is 3. The number of amides is 2. The van der Waals surface area contributed by atoms with E-state index in [1.165, 1.54) is 0 Å².